The summed E-state index contributed by atoms with van der Waals surface area (Å²) < 4.78 is 13.5. The molecule has 15 heavy (non-hydrogen) atoms. The Labute approximate surface area is 101 Å². The minimum absolute atomic E-state index is 0.0331. The lowest BCUT2D eigenvalue weighted by molar-refractivity contribution is 0.627. The van der Waals surface area contributed by atoms with Crippen molar-refractivity contribution in [2.45, 2.75) is 19.4 Å². The van der Waals surface area contributed by atoms with Crippen molar-refractivity contribution in [3.05, 3.63) is 27.4 Å². The van der Waals surface area contributed by atoms with Gasteiger partial charge in [-0.2, -0.15) is 5.26 Å². The first-order chi connectivity index (χ1) is 7.04. The van der Waals surface area contributed by atoms with E-state index in [0.717, 1.165) is 0 Å². The van der Waals surface area contributed by atoms with Gasteiger partial charge >= 0.3 is 0 Å². The molecule has 1 unspecified atom stereocenters. The van der Waals surface area contributed by atoms with Crippen molar-refractivity contribution >= 4 is 33.2 Å². The molecule has 1 aromatic rings. The van der Waals surface area contributed by atoms with Crippen LogP contribution in [0.4, 0.5) is 10.1 Å². The summed E-state index contributed by atoms with van der Waals surface area (Å²) in [5.41, 5.74) is 0.612. The number of rotatable bonds is 3. The van der Waals surface area contributed by atoms with Crippen LogP contribution in [-0.2, 0) is 0 Å². The van der Waals surface area contributed by atoms with E-state index in [1.54, 1.807) is 0 Å². The Morgan fingerprint density at radius 2 is 2.33 bits per heavy atom. The molecule has 0 aromatic heterocycles. The molecule has 1 atom stereocenters. The van der Waals surface area contributed by atoms with Gasteiger partial charge in [0.1, 0.15) is 5.82 Å². The lowest BCUT2D eigenvalue weighted by Crippen LogP contribution is -2.14. The van der Waals surface area contributed by atoms with Crippen molar-refractivity contribution in [3.63, 3.8) is 0 Å². The zero-order valence-corrected chi connectivity index (χ0v) is 10.4. The Morgan fingerprint density at radius 3 is 2.87 bits per heavy atom. The number of halogens is 3. The highest BCUT2D eigenvalue weighted by molar-refractivity contribution is 9.10. The van der Waals surface area contributed by atoms with Crippen molar-refractivity contribution in [1.29, 1.82) is 5.26 Å². The first-order valence-corrected chi connectivity index (χ1v) is 5.49. The molecule has 5 heteroatoms. The molecule has 0 amide bonds. The van der Waals surface area contributed by atoms with Gasteiger partial charge in [0.25, 0.3) is 0 Å². The minimum atomic E-state index is -0.398. The number of benzene rings is 1. The van der Waals surface area contributed by atoms with Crippen molar-refractivity contribution in [2.24, 2.45) is 0 Å². The van der Waals surface area contributed by atoms with E-state index in [0.29, 0.717) is 21.6 Å². The van der Waals surface area contributed by atoms with Gasteiger partial charge in [-0.1, -0.05) is 11.6 Å². The average molecular weight is 292 g/mol. The fourth-order valence-corrected chi connectivity index (χ4v) is 2.04. The van der Waals surface area contributed by atoms with E-state index in [9.17, 15) is 4.39 Å². The first-order valence-electron chi connectivity index (χ1n) is 4.32. The Kier molecular flexibility index (Phi) is 4.37. The fraction of sp³-hybridized carbons (Fsp3) is 0.300. The largest absolute Gasteiger partial charge is 0.379 e. The van der Waals surface area contributed by atoms with Gasteiger partial charge < -0.3 is 5.32 Å². The molecule has 0 aliphatic carbocycles. The Balaban J connectivity index is 2.91. The van der Waals surface area contributed by atoms with Crippen LogP contribution in [0.5, 0.6) is 0 Å². The zero-order chi connectivity index (χ0) is 11.4. The van der Waals surface area contributed by atoms with Gasteiger partial charge in [-0.15, -0.1) is 0 Å². The predicted octanol–water partition coefficient (Wildman–Crippen LogP) is 3.96. The first kappa shape index (κ1) is 12.3. The number of nitrogens with zero attached hydrogens (tertiary/aromatic N) is 1. The molecule has 80 valence electrons. The van der Waals surface area contributed by atoms with Crippen LogP contribution in [0.2, 0.25) is 5.02 Å². The maximum atomic E-state index is 12.9. The second-order valence-corrected chi connectivity index (χ2v) is 4.41. The Bertz CT molecular complexity index is 380. The van der Waals surface area contributed by atoms with Crippen LogP contribution in [-0.4, -0.2) is 6.04 Å². The highest BCUT2D eigenvalue weighted by atomic mass is 79.9. The summed E-state index contributed by atoms with van der Waals surface area (Å²) in [4.78, 5) is 0. The molecule has 0 radical (unpaired) electrons. The second kappa shape index (κ2) is 5.34. The number of anilines is 1. The van der Waals surface area contributed by atoms with Crippen molar-refractivity contribution in [1.82, 2.24) is 0 Å². The van der Waals surface area contributed by atoms with Gasteiger partial charge in [0.2, 0.25) is 0 Å². The van der Waals surface area contributed by atoms with Gasteiger partial charge in [0, 0.05) is 10.5 Å². The third-order valence-electron chi connectivity index (χ3n) is 1.80. The topological polar surface area (TPSA) is 35.8 Å². The lowest BCUT2D eigenvalue weighted by Gasteiger charge is -2.15. The van der Waals surface area contributed by atoms with E-state index in [-0.39, 0.29) is 6.04 Å². The summed E-state index contributed by atoms with van der Waals surface area (Å²) in [6.45, 7) is 1.86. The van der Waals surface area contributed by atoms with E-state index in [1.807, 2.05) is 13.0 Å². The van der Waals surface area contributed by atoms with E-state index in [4.69, 9.17) is 16.9 Å². The SMILES string of the molecule is CC(CC#N)Nc1c(Cl)cc(F)cc1Br. The molecule has 2 nitrogen and oxygen atoms in total. The summed E-state index contributed by atoms with van der Waals surface area (Å²) >= 11 is 9.07. The van der Waals surface area contributed by atoms with E-state index in [1.165, 1.54) is 12.1 Å². The van der Waals surface area contributed by atoms with Crippen molar-refractivity contribution in [2.75, 3.05) is 5.32 Å². The summed E-state index contributed by atoms with van der Waals surface area (Å²) in [6, 6.07) is 4.57. The number of nitriles is 1. The monoisotopic (exact) mass is 290 g/mol. The van der Waals surface area contributed by atoms with Crippen LogP contribution in [0.1, 0.15) is 13.3 Å². The lowest BCUT2D eigenvalue weighted by atomic mass is 10.2. The highest BCUT2D eigenvalue weighted by Gasteiger charge is 2.10. The smallest absolute Gasteiger partial charge is 0.125 e. The second-order valence-electron chi connectivity index (χ2n) is 3.15. The summed E-state index contributed by atoms with van der Waals surface area (Å²) in [5.74, 6) is -0.398. The molecule has 0 heterocycles. The maximum absolute atomic E-state index is 12.9. The number of hydrogen-bond donors (Lipinski definition) is 1. The quantitative estimate of drug-likeness (QED) is 0.915. The molecule has 0 aliphatic rings. The molecule has 0 spiro atoms. The third kappa shape index (κ3) is 3.37. The van der Waals surface area contributed by atoms with Gasteiger partial charge in [0.05, 0.1) is 23.2 Å². The van der Waals surface area contributed by atoms with Crippen LogP contribution in [0.15, 0.2) is 16.6 Å². The average Bonchev–Trinajstić information content (AvgIpc) is 2.11. The predicted molar refractivity (Wildman–Crippen MR) is 62.4 cm³/mol. The van der Waals surface area contributed by atoms with Crippen molar-refractivity contribution < 1.29 is 4.39 Å². The third-order valence-corrected chi connectivity index (χ3v) is 2.72. The van der Waals surface area contributed by atoms with E-state index >= 15 is 0 Å². The molecule has 1 aromatic carbocycles. The van der Waals surface area contributed by atoms with E-state index in [2.05, 4.69) is 21.2 Å². The molecule has 0 fully saturated rings. The standard InChI is InChI=1S/C10H9BrClFN2/c1-6(2-3-14)15-10-8(11)4-7(13)5-9(10)12/h4-6,15H,2H2,1H3. The van der Waals surface area contributed by atoms with Gasteiger partial charge in [-0.05, 0) is 35.0 Å². The molecule has 1 rings (SSSR count). The highest BCUT2D eigenvalue weighted by Crippen LogP contribution is 2.32. The Morgan fingerprint density at radius 1 is 1.67 bits per heavy atom. The molecular weight excluding hydrogens is 282 g/mol. The molecule has 0 aliphatic heterocycles. The molecular formula is C10H9BrClFN2. The van der Waals surface area contributed by atoms with Gasteiger partial charge in [0.15, 0.2) is 0 Å². The Hall–Kier alpha value is -0.790. The van der Waals surface area contributed by atoms with Crippen LogP contribution >= 0.6 is 27.5 Å². The minimum Gasteiger partial charge on any atom is -0.379 e. The summed E-state index contributed by atoms with van der Waals surface area (Å²) in [7, 11) is 0. The van der Waals surface area contributed by atoms with E-state index < -0.39 is 5.82 Å². The maximum Gasteiger partial charge on any atom is 0.125 e. The molecule has 0 saturated carbocycles. The molecule has 1 N–H and O–H groups in total. The number of nitrogens with one attached hydrogen (secondary N) is 1. The van der Waals surface area contributed by atoms with Crippen LogP contribution in [0.25, 0.3) is 0 Å². The summed E-state index contributed by atoms with van der Waals surface area (Å²) in [5, 5.41) is 11.8. The van der Waals surface area contributed by atoms with Crippen LogP contribution in [0, 0.1) is 17.1 Å². The van der Waals surface area contributed by atoms with Crippen molar-refractivity contribution in [3.8, 4) is 6.07 Å². The van der Waals surface area contributed by atoms with Crippen LogP contribution in [0.3, 0.4) is 0 Å². The molecule has 0 bridgehead atoms. The number of hydrogen-bond acceptors (Lipinski definition) is 2. The van der Waals surface area contributed by atoms with Gasteiger partial charge in [-0.25, -0.2) is 4.39 Å². The normalized spacial score (nSPS) is 11.9. The van der Waals surface area contributed by atoms with Gasteiger partial charge in [-0.3, -0.25) is 0 Å². The molecule has 0 saturated heterocycles. The fourth-order valence-electron chi connectivity index (χ4n) is 1.11. The zero-order valence-electron chi connectivity index (χ0n) is 8.02. The van der Waals surface area contributed by atoms with Crippen LogP contribution < -0.4 is 5.32 Å². The summed E-state index contributed by atoms with van der Waals surface area (Å²) in [6.07, 6.45) is 0.361.